The fourth-order valence-electron chi connectivity index (χ4n) is 1.86. The SMILES string of the molecule is CN(C)CCCNc1ccc(NC(=O)Cc2cccs2)nn1. The number of aromatic nitrogens is 2. The molecule has 0 saturated heterocycles. The van der Waals surface area contributed by atoms with E-state index in [1.165, 1.54) is 0 Å². The van der Waals surface area contributed by atoms with Gasteiger partial charge in [-0.25, -0.2) is 0 Å². The number of hydrogen-bond donors (Lipinski definition) is 2. The normalized spacial score (nSPS) is 10.7. The molecular formula is C15H21N5OS. The first-order chi connectivity index (χ1) is 10.6. The Bertz CT molecular complexity index is 568. The lowest BCUT2D eigenvalue weighted by molar-refractivity contribution is -0.115. The third-order valence-corrected chi connectivity index (χ3v) is 3.81. The van der Waals surface area contributed by atoms with E-state index in [1.807, 2.05) is 37.7 Å². The van der Waals surface area contributed by atoms with Crippen LogP contribution in [0.15, 0.2) is 29.6 Å². The Kier molecular flexibility index (Phi) is 6.29. The first-order valence-electron chi connectivity index (χ1n) is 7.18. The first kappa shape index (κ1) is 16.4. The number of carbonyl (C=O) groups excluding carboxylic acids is 1. The van der Waals surface area contributed by atoms with Gasteiger partial charge in [-0.05, 0) is 50.6 Å². The van der Waals surface area contributed by atoms with Crippen molar-refractivity contribution < 1.29 is 4.79 Å². The molecule has 1 amide bonds. The van der Waals surface area contributed by atoms with Crippen LogP contribution in [0.5, 0.6) is 0 Å². The fraction of sp³-hybridized carbons (Fsp3) is 0.400. The standard InChI is InChI=1S/C15H21N5OS/c1-20(2)9-4-8-16-13-6-7-14(19-18-13)17-15(21)11-12-5-3-10-22-12/h3,5-7,10H,4,8-9,11H2,1-2H3,(H,16,18)(H,17,19,21). The van der Waals surface area contributed by atoms with Gasteiger partial charge in [-0.3, -0.25) is 4.79 Å². The summed E-state index contributed by atoms with van der Waals surface area (Å²) in [5.41, 5.74) is 0. The molecule has 0 spiro atoms. The molecule has 2 aromatic rings. The van der Waals surface area contributed by atoms with Gasteiger partial charge in [0, 0.05) is 11.4 Å². The molecule has 2 heterocycles. The zero-order valence-electron chi connectivity index (χ0n) is 12.9. The van der Waals surface area contributed by atoms with Crippen molar-refractivity contribution in [3.8, 4) is 0 Å². The first-order valence-corrected chi connectivity index (χ1v) is 8.06. The van der Waals surface area contributed by atoms with Gasteiger partial charge in [0.2, 0.25) is 5.91 Å². The van der Waals surface area contributed by atoms with Crippen molar-refractivity contribution in [1.29, 1.82) is 0 Å². The quantitative estimate of drug-likeness (QED) is 0.729. The number of nitrogens with one attached hydrogen (secondary N) is 2. The van der Waals surface area contributed by atoms with Crippen LogP contribution in [0, 0.1) is 0 Å². The summed E-state index contributed by atoms with van der Waals surface area (Å²) in [6.07, 6.45) is 1.40. The molecule has 6 nitrogen and oxygen atoms in total. The van der Waals surface area contributed by atoms with Crippen LogP contribution in [-0.4, -0.2) is 48.2 Å². The van der Waals surface area contributed by atoms with Crippen LogP contribution in [0.25, 0.3) is 0 Å². The Labute approximate surface area is 134 Å². The second-order valence-corrected chi connectivity index (χ2v) is 6.22. The highest BCUT2D eigenvalue weighted by atomic mass is 32.1. The van der Waals surface area contributed by atoms with E-state index in [9.17, 15) is 4.79 Å². The second kappa shape index (κ2) is 8.45. The monoisotopic (exact) mass is 319 g/mol. The van der Waals surface area contributed by atoms with Crippen molar-refractivity contribution in [1.82, 2.24) is 15.1 Å². The third-order valence-electron chi connectivity index (χ3n) is 2.94. The minimum Gasteiger partial charge on any atom is -0.369 e. The van der Waals surface area contributed by atoms with Crippen molar-refractivity contribution in [2.45, 2.75) is 12.8 Å². The molecule has 7 heteroatoms. The van der Waals surface area contributed by atoms with Gasteiger partial charge in [-0.15, -0.1) is 21.5 Å². The number of hydrogen-bond acceptors (Lipinski definition) is 6. The van der Waals surface area contributed by atoms with E-state index in [1.54, 1.807) is 17.4 Å². The van der Waals surface area contributed by atoms with Crippen molar-refractivity contribution in [3.05, 3.63) is 34.5 Å². The number of amides is 1. The number of carbonyl (C=O) groups is 1. The molecule has 2 N–H and O–H groups in total. The Morgan fingerprint density at radius 3 is 2.64 bits per heavy atom. The van der Waals surface area contributed by atoms with E-state index >= 15 is 0 Å². The summed E-state index contributed by atoms with van der Waals surface area (Å²) in [5.74, 6) is 1.11. The van der Waals surface area contributed by atoms with E-state index in [-0.39, 0.29) is 5.91 Å². The molecule has 0 fully saturated rings. The highest BCUT2D eigenvalue weighted by molar-refractivity contribution is 7.10. The molecule has 0 aliphatic carbocycles. The molecule has 0 atom stereocenters. The maximum absolute atomic E-state index is 11.8. The topological polar surface area (TPSA) is 70.2 Å². The zero-order valence-corrected chi connectivity index (χ0v) is 13.7. The van der Waals surface area contributed by atoms with Crippen molar-refractivity contribution in [2.75, 3.05) is 37.8 Å². The predicted octanol–water partition coefficient (Wildman–Crippen LogP) is 2.08. The molecule has 0 aromatic carbocycles. The van der Waals surface area contributed by atoms with Crippen LogP contribution < -0.4 is 10.6 Å². The molecule has 0 aliphatic rings. The summed E-state index contributed by atoms with van der Waals surface area (Å²) in [6, 6.07) is 7.46. The lowest BCUT2D eigenvalue weighted by Gasteiger charge is -2.10. The highest BCUT2D eigenvalue weighted by Crippen LogP contribution is 2.11. The summed E-state index contributed by atoms with van der Waals surface area (Å²) in [5, 5.41) is 16.0. The van der Waals surface area contributed by atoms with E-state index in [4.69, 9.17) is 0 Å². The van der Waals surface area contributed by atoms with Gasteiger partial charge in [0.05, 0.1) is 6.42 Å². The largest absolute Gasteiger partial charge is 0.369 e. The zero-order chi connectivity index (χ0) is 15.8. The lowest BCUT2D eigenvalue weighted by Crippen LogP contribution is -2.17. The van der Waals surface area contributed by atoms with Gasteiger partial charge in [-0.1, -0.05) is 6.07 Å². The minimum absolute atomic E-state index is 0.0801. The molecule has 2 rings (SSSR count). The minimum atomic E-state index is -0.0801. The molecule has 0 aliphatic heterocycles. The molecule has 0 unspecified atom stereocenters. The average molecular weight is 319 g/mol. The van der Waals surface area contributed by atoms with Crippen molar-refractivity contribution in [3.63, 3.8) is 0 Å². The Morgan fingerprint density at radius 2 is 2.00 bits per heavy atom. The van der Waals surface area contributed by atoms with Crippen molar-refractivity contribution >= 4 is 28.9 Å². The van der Waals surface area contributed by atoms with Crippen LogP contribution in [0.2, 0.25) is 0 Å². The Balaban J connectivity index is 1.75. The number of anilines is 2. The van der Waals surface area contributed by atoms with Gasteiger partial charge in [0.25, 0.3) is 0 Å². The fourth-order valence-corrected chi connectivity index (χ4v) is 2.57. The summed E-state index contributed by atoms with van der Waals surface area (Å²) < 4.78 is 0. The maximum atomic E-state index is 11.8. The van der Waals surface area contributed by atoms with Crippen LogP contribution in [0.1, 0.15) is 11.3 Å². The smallest absolute Gasteiger partial charge is 0.230 e. The van der Waals surface area contributed by atoms with Crippen molar-refractivity contribution in [2.24, 2.45) is 0 Å². The van der Waals surface area contributed by atoms with Crippen LogP contribution in [-0.2, 0) is 11.2 Å². The second-order valence-electron chi connectivity index (χ2n) is 5.19. The average Bonchev–Trinajstić information content (AvgIpc) is 2.98. The predicted molar refractivity (Wildman–Crippen MR) is 90.3 cm³/mol. The molecular weight excluding hydrogens is 298 g/mol. The van der Waals surface area contributed by atoms with Gasteiger partial charge in [0.1, 0.15) is 5.82 Å². The lowest BCUT2D eigenvalue weighted by atomic mass is 10.3. The van der Waals surface area contributed by atoms with Gasteiger partial charge in [0.15, 0.2) is 5.82 Å². The maximum Gasteiger partial charge on any atom is 0.230 e. The van der Waals surface area contributed by atoms with Gasteiger partial charge < -0.3 is 15.5 Å². The van der Waals surface area contributed by atoms with E-state index in [2.05, 4.69) is 25.7 Å². The van der Waals surface area contributed by atoms with E-state index in [0.717, 1.165) is 30.2 Å². The van der Waals surface area contributed by atoms with Gasteiger partial charge in [-0.2, -0.15) is 0 Å². The summed E-state index contributed by atoms with van der Waals surface area (Å²) in [6.45, 7) is 1.87. The summed E-state index contributed by atoms with van der Waals surface area (Å²) in [4.78, 5) is 15.0. The Hall–Kier alpha value is -1.99. The number of nitrogens with zero attached hydrogens (tertiary/aromatic N) is 3. The Morgan fingerprint density at radius 1 is 1.23 bits per heavy atom. The molecule has 0 radical (unpaired) electrons. The molecule has 22 heavy (non-hydrogen) atoms. The number of rotatable bonds is 8. The summed E-state index contributed by atoms with van der Waals surface area (Å²) in [7, 11) is 4.10. The van der Waals surface area contributed by atoms with Crippen LogP contribution >= 0.6 is 11.3 Å². The highest BCUT2D eigenvalue weighted by Gasteiger charge is 2.06. The third kappa shape index (κ3) is 5.79. The van der Waals surface area contributed by atoms with E-state index < -0.39 is 0 Å². The van der Waals surface area contributed by atoms with E-state index in [0.29, 0.717) is 12.2 Å². The molecule has 0 saturated carbocycles. The number of thiophene rings is 1. The van der Waals surface area contributed by atoms with Crippen LogP contribution in [0.3, 0.4) is 0 Å². The summed E-state index contributed by atoms with van der Waals surface area (Å²) >= 11 is 1.57. The molecule has 0 bridgehead atoms. The molecule has 118 valence electrons. The van der Waals surface area contributed by atoms with Crippen LogP contribution in [0.4, 0.5) is 11.6 Å². The van der Waals surface area contributed by atoms with Gasteiger partial charge >= 0.3 is 0 Å². The molecule has 2 aromatic heterocycles.